The van der Waals surface area contributed by atoms with Crippen molar-refractivity contribution in [1.82, 2.24) is 10.6 Å². The Bertz CT molecular complexity index is 697. The molecule has 120 valence electrons. The third-order valence-corrected chi connectivity index (χ3v) is 4.19. The minimum absolute atomic E-state index is 0.208. The van der Waals surface area contributed by atoms with Crippen molar-refractivity contribution in [2.24, 2.45) is 4.99 Å². The largest absolute Gasteiger partial charge is 0.357 e. The summed E-state index contributed by atoms with van der Waals surface area (Å²) in [6.45, 7) is 3.99. The Morgan fingerprint density at radius 3 is 2.70 bits per heavy atom. The quantitative estimate of drug-likeness (QED) is 0.657. The second kappa shape index (κ2) is 7.27. The number of fused-ring (bicyclic) bond motifs is 1. The van der Waals surface area contributed by atoms with Crippen molar-refractivity contribution in [2.45, 2.75) is 25.8 Å². The Labute approximate surface area is 136 Å². The molecule has 0 saturated heterocycles. The maximum absolute atomic E-state index is 13.7. The van der Waals surface area contributed by atoms with Gasteiger partial charge < -0.3 is 10.6 Å². The molecule has 2 N–H and O–H groups in total. The van der Waals surface area contributed by atoms with Crippen molar-refractivity contribution in [3.8, 4) is 0 Å². The molecule has 2 aromatic rings. The fourth-order valence-corrected chi connectivity index (χ4v) is 2.90. The smallest absolute Gasteiger partial charge is 0.191 e. The topological polar surface area (TPSA) is 36.4 Å². The zero-order chi connectivity index (χ0) is 16.1. The molecule has 3 nitrogen and oxygen atoms in total. The average molecular weight is 311 g/mol. The highest BCUT2D eigenvalue weighted by molar-refractivity contribution is 5.79. The van der Waals surface area contributed by atoms with E-state index in [9.17, 15) is 4.39 Å². The summed E-state index contributed by atoms with van der Waals surface area (Å²) in [6, 6.07) is 15.3. The van der Waals surface area contributed by atoms with E-state index in [-0.39, 0.29) is 5.82 Å². The number of nitrogens with one attached hydrogen (secondary N) is 2. The van der Waals surface area contributed by atoms with Crippen LogP contribution in [0, 0.1) is 5.82 Å². The molecule has 0 spiro atoms. The highest BCUT2D eigenvalue weighted by atomic mass is 19.1. The van der Waals surface area contributed by atoms with Crippen molar-refractivity contribution >= 4 is 5.96 Å². The number of halogens is 1. The first-order valence-electron chi connectivity index (χ1n) is 8.11. The van der Waals surface area contributed by atoms with Crippen LogP contribution in [-0.4, -0.2) is 19.0 Å². The number of hydrogen-bond acceptors (Lipinski definition) is 1. The molecule has 1 unspecified atom stereocenters. The standard InChI is InChI=1S/C19H22FN3/c1-2-21-19(22-12-15-8-4-6-10-18(15)20)23-13-16-11-14-7-3-5-9-17(14)16/h3-10,16H,2,11-13H2,1H3,(H2,21,22,23). The van der Waals surface area contributed by atoms with Gasteiger partial charge in [-0.05, 0) is 30.5 Å². The summed E-state index contributed by atoms with van der Waals surface area (Å²) in [5, 5.41) is 6.59. The molecule has 2 aromatic carbocycles. The minimum Gasteiger partial charge on any atom is -0.357 e. The monoisotopic (exact) mass is 311 g/mol. The zero-order valence-corrected chi connectivity index (χ0v) is 13.3. The van der Waals surface area contributed by atoms with E-state index in [2.05, 4.69) is 39.9 Å². The lowest BCUT2D eigenvalue weighted by Crippen LogP contribution is -2.41. The molecule has 1 aliphatic rings. The maximum atomic E-state index is 13.7. The molecule has 0 aliphatic heterocycles. The molecule has 4 heteroatoms. The Hall–Kier alpha value is -2.36. The van der Waals surface area contributed by atoms with Gasteiger partial charge in [0.05, 0.1) is 6.54 Å². The van der Waals surface area contributed by atoms with Crippen molar-refractivity contribution in [3.63, 3.8) is 0 Å². The Morgan fingerprint density at radius 1 is 1.13 bits per heavy atom. The predicted octanol–water partition coefficient (Wildman–Crippen LogP) is 3.22. The second-order valence-electron chi connectivity index (χ2n) is 5.77. The molecule has 0 amide bonds. The van der Waals surface area contributed by atoms with Crippen LogP contribution in [0.25, 0.3) is 0 Å². The van der Waals surface area contributed by atoms with Crippen LogP contribution in [0.2, 0.25) is 0 Å². The summed E-state index contributed by atoms with van der Waals surface area (Å²) in [5.41, 5.74) is 3.47. The van der Waals surface area contributed by atoms with Crippen LogP contribution in [0.5, 0.6) is 0 Å². The molecule has 0 radical (unpaired) electrons. The summed E-state index contributed by atoms with van der Waals surface area (Å²) in [5.74, 6) is 1.06. The van der Waals surface area contributed by atoms with E-state index in [4.69, 9.17) is 0 Å². The number of rotatable bonds is 5. The van der Waals surface area contributed by atoms with Gasteiger partial charge in [-0.2, -0.15) is 0 Å². The first-order valence-corrected chi connectivity index (χ1v) is 8.11. The second-order valence-corrected chi connectivity index (χ2v) is 5.77. The Balaban J connectivity index is 1.59. The van der Waals surface area contributed by atoms with Crippen LogP contribution in [0.4, 0.5) is 4.39 Å². The Morgan fingerprint density at radius 2 is 1.91 bits per heavy atom. The van der Waals surface area contributed by atoms with Gasteiger partial charge >= 0.3 is 0 Å². The van der Waals surface area contributed by atoms with Crippen LogP contribution >= 0.6 is 0 Å². The number of guanidine groups is 1. The third kappa shape index (κ3) is 3.70. The normalized spacial score (nSPS) is 16.4. The summed E-state index contributed by atoms with van der Waals surface area (Å²) < 4.78 is 13.7. The van der Waals surface area contributed by atoms with Gasteiger partial charge in [-0.25, -0.2) is 9.38 Å². The van der Waals surface area contributed by atoms with E-state index in [0.717, 1.165) is 25.5 Å². The van der Waals surface area contributed by atoms with Crippen LogP contribution in [0.3, 0.4) is 0 Å². The van der Waals surface area contributed by atoms with Gasteiger partial charge in [-0.1, -0.05) is 42.5 Å². The average Bonchev–Trinajstić information content (AvgIpc) is 2.54. The zero-order valence-electron chi connectivity index (χ0n) is 13.3. The summed E-state index contributed by atoms with van der Waals surface area (Å²) in [7, 11) is 0. The molecule has 0 bridgehead atoms. The fourth-order valence-electron chi connectivity index (χ4n) is 2.90. The van der Waals surface area contributed by atoms with E-state index >= 15 is 0 Å². The SMILES string of the molecule is CCNC(=NCc1ccccc1F)NCC1Cc2ccccc21. The molecule has 0 saturated carbocycles. The van der Waals surface area contributed by atoms with Gasteiger partial charge in [0, 0.05) is 24.6 Å². The summed E-state index contributed by atoms with van der Waals surface area (Å²) in [6.07, 6.45) is 1.11. The highest BCUT2D eigenvalue weighted by Crippen LogP contribution is 2.33. The molecule has 23 heavy (non-hydrogen) atoms. The summed E-state index contributed by atoms with van der Waals surface area (Å²) in [4.78, 5) is 4.49. The lowest BCUT2D eigenvalue weighted by molar-refractivity contribution is 0.583. The molecule has 1 atom stereocenters. The number of nitrogens with zero attached hydrogens (tertiary/aromatic N) is 1. The molecule has 0 fully saturated rings. The van der Waals surface area contributed by atoms with Crippen molar-refractivity contribution in [3.05, 3.63) is 71.0 Å². The number of aliphatic imine (C=N–C) groups is 1. The van der Waals surface area contributed by atoms with Gasteiger partial charge in [0.1, 0.15) is 5.82 Å². The van der Waals surface area contributed by atoms with Crippen LogP contribution in [-0.2, 0) is 13.0 Å². The van der Waals surface area contributed by atoms with Crippen molar-refractivity contribution in [1.29, 1.82) is 0 Å². The third-order valence-electron chi connectivity index (χ3n) is 4.19. The van der Waals surface area contributed by atoms with Gasteiger partial charge in [0.15, 0.2) is 5.96 Å². The van der Waals surface area contributed by atoms with E-state index in [1.807, 2.05) is 13.0 Å². The lowest BCUT2D eigenvalue weighted by atomic mass is 9.78. The van der Waals surface area contributed by atoms with Gasteiger partial charge in [0.25, 0.3) is 0 Å². The number of hydrogen-bond donors (Lipinski definition) is 2. The van der Waals surface area contributed by atoms with Crippen molar-refractivity contribution < 1.29 is 4.39 Å². The van der Waals surface area contributed by atoms with E-state index in [1.54, 1.807) is 12.1 Å². The van der Waals surface area contributed by atoms with E-state index in [1.165, 1.54) is 17.2 Å². The van der Waals surface area contributed by atoms with Crippen LogP contribution in [0.15, 0.2) is 53.5 Å². The molecule has 0 heterocycles. The van der Waals surface area contributed by atoms with Crippen molar-refractivity contribution in [2.75, 3.05) is 13.1 Å². The molecular formula is C19H22FN3. The first kappa shape index (κ1) is 15.5. The van der Waals surface area contributed by atoms with Gasteiger partial charge in [0.2, 0.25) is 0 Å². The van der Waals surface area contributed by atoms with Gasteiger partial charge in [-0.3, -0.25) is 0 Å². The van der Waals surface area contributed by atoms with E-state index in [0.29, 0.717) is 18.0 Å². The number of benzene rings is 2. The lowest BCUT2D eigenvalue weighted by Gasteiger charge is -2.30. The minimum atomic E-state index is -0.208. The molecular weight excluding hydrogens is 289 g/mol. The fraction of sp³-hybridized carbons (Fsp3) is 0.316. The first-order chi connectivity index (χ1) is 11.3. The molecule has 1 aliphatic carbocycles. The van der Waals surface area contributed by atoms with Crippen LogP contribution < -0.4 is 10.6 Å². The Kier molecular flexibility index (Phi) is 4.91. The molecule has 0 aromatic heterocycles. The predicted molar refractivity (Wildman–Crippen MR) is 92.1 cm³/mol. The highest BCUT2D eigenvalue weighted by Gasteiger charge is 2.25. The van der Waals surface area contributed by atoms with Gasteiger partial charge in [-0.15, -0.1) is 0 Å². The maximum Gasteiger partial charge on any atom is 0.191 e. The summed E-state index contributed by atoms with van der Waals surface area (Å²) >= 11 is 0. The van der Waals surface area contributed by atoms with E-state index < -0.39 is 0 Å². The van der Waals surface area contributed by atoms with Crippen LogP contribution in [0.1, 0.15) is 29.5 Å². The molecule has 3 rings (SSSR count).